The minimum absolute atomic E-state index is 0.344. The van der Waals surface area contributed by atoms with Crippen LogP contribution >= 0.6 is 0 Å². The molecule has 2 atom stereocenters. The van der Waals surface area contributed by atoms with Gasteiger partial charge in [-0.25, -0.2) is 0 Å². The topological polar surface area (TPSA) is 0 Å². The summed E-state index contributed by atoms with van der Waals surface area (Å²) in [6, 6.07) is 29.4. The third-order valence-electron chi connectivity index (χ3n) is 11.0. The van der Waals surface area contributed by atoms with E-state index >= 15 is 0 Å². The quantitative estimate of drug-likeness (QED) is 0.112. The number of unbranched alkanes of at least 4 members (excludes halogenated alkanes) is 4. The first-order valence-electron chi connectivity index (χ1n) is 18.2. The van der Waals surface area contributed by atoms with E-state index in [9.17, 15) is 0 Å². The molecule has 1 aliphatic carbocycles. The SMILES string of the molecule is CCCCCC(CC)c1ccc(C2(c3ccc(C(CC)CCCCC)c(C)c3)c3cc(C)ccc3-c3ccc(C)cc32)cc1C. The molecule has 0 radical (unpaired) electrons. The summed E-state index contributed by atoms with van der Waals surface area (Å²) < 4.78 is 0. The average molecular weight is 599 g/mol. The fourth-order valence-corrected chi connectivity index (χ4v) is 8.51. The van der Waals surface area contributed by atoms with E-state index in [-0.39, 0.29) is 5.41 Å². The Morgan fingerprint density at radius 3 is 1.27 bits per heavy atom. The molecule has 0 heteroatoms. The molecular weight excluding hydrogens is 540 g/mol. The minimum atomic E-state index is -0.344. The maximum Gasteiger partial charge on any atom is 0.0713 e. The molecule has 0 N–H and O–H groups in total. The van der Waals surface area contributed by atoms with Crippen molar-refractivity contribution >= 4 is 0 Å². The zero-order valence-electron chi connectivity index (χ0n) is 29.7. The van der Waals surface area contributed by atoms with Gasteiger partial charge in [0.05, 0.1) is 5.41 Å². The van der Waals surface area contributed by atoms with E-state index in [1.807, 2.05) is 0 Å². The molecule has 0 nitrogen and oxygen atoms in total. The van der Waals surface area contributed by atoms with Crippen molar-refractivity contribution in [2.24, 2.45) is 0 Å². The third-order valence-corrected chi connectivity index (χ3v) is 11.0. The molecule has 2 unspecified atom stereocenters. The minimum Gasteiger partial charge on any atom is -0.0654 e. The Bertz CT molecular complexity index is 1480. The molecule has 1 aliphatic rings. The Kier molecular flexibility index (Phi) is 10.7. The molecule has 0 aromatic heterocycles. The highest BCUT2D eigenvalue weighted by atomic mass is 14.5. The summed E-state index contributed by atoms with van der Waals surface area (Å²) in [5.74, 6) is 1.27. The van der Waals surface area contributed by atoms with Gasteiger partial charge >= 0.3 is 0 Å². The highest BCUT2D eigenvalue weighted by Gasteiger charge is 2.46. The van der Waals surface area contributed by atoms with E-state index < -0.39 is 0 Å². The third kappa shape index (κ3) is 6.32. The van der Waals surface area contributed by atoms with Crippen molar-refractivity contribution in [2.45, 2.75) is 137 Å². The van der Waals surface area contributed by atoms with Crippen LogP contribution in [0.2, 0.25) is 0 Å². The van der Waals surface area contributed by atoms with Gasteiger partial charge < -0.3 is 0 Å². The Labute approximate surface area is 275 Å². The second-order valence-electron chi connectivity index (χ2n) is 14.2. The van der Waals surface area contributed by atoms with Crippen LogP contribution in [0.3, 0.4) is 0 Å². The van der Waals surface area contributed by atoms with Gasteiger partial charge in [-0.15, -0.1) is 0 Å². The van der Waals surface area contributed by atoms with Gasteiger partial charge in [0.1, 0.15) is 0 Å². The lowest BCUT2D eigenvalue weighted by atomic mass is 9.66. The standard InChI is InChI=1S/C45H58/c1-9-13-15-17-35(11-3)39-25-21-37(29-33(39)7)45(38-22-26-40(34(8)30-38)36(12-4)18-16-14-10-2)43-27-31(5)19-23-41(43)42-24-20-32(6)28-44(42)45/h19-30,35-36H,9-18H2,1-8H3. The number of benzene rings is 4. The maximum absolute atomic E-state index is 2.56. The summed E-state index contributed by atoms with van der Waals surface area (Å²) in [5.41, 5.74) is 16.8. The largest absolute Gasteiger partial charge is 0.0713 e. The Morgan fingerprint density at radius 1 is 0.489 bits per heavy atom. The van der Waals surface area contributed by atoms with E-state index in [4.69, 9.17) is 0 Å². The molecule has 0 heterocycles. The highest BCUT2D eigenvalue weighted by Crippen LogP contribution is 2.57. The van der Waals surface area contributed by atoms with Crippen LogP contribution in [-0.4, -0.2) is 0 Å². The van der Waals surface area contributed by atoms with Gasteiger partial charge in [0.15, 0.2) is 0 Å². The normalized spacial score (nSPS) is 14.7. The van der Waals surface area contributed by atoms with E-state index in [0.29, 0.717) is 11.8 Å². The van der Waals surface area contributed by atoms with Crippen LogP contribution in [-0.2, 0) is 5.41 Å². The van der Waals surface area contributed by atoms with Crippen LogP contribution in [0.5, 0.6) is 0 Å². The molecule has 0 saturated heterocycles. The monoisotopic (exact) mass is 598 g/mol. The van der Waals surface area contributed by atoms with Gasteiger partial charge in [0.25, 0.3) is 0 Å². The van der Waals surface area contributed by atoms with E-state index in [1.54, 1.807) is 11.1 Å². The van der Waals surface area contributed by atoms with Crippen molar-refractivity contribution in [3.63, 3.8) is 0 Å². The predicted molar refractivity (Wildman–Crippen MR) is 197 cm³/mol. The molecule has 5 rings (SSSR count). The molecule has 0 spiro atoms. The van der Waals surface area contributed by atoms with Crippen molar-refractivity contribution < 1.29 is 0 Å². The van der Waals surface area contributed by atoms with Crippen molar-refractivity contribution in [3.05, 3.63) is 128 Å². The second kappa shape index (κ2) is 14.5. The maximum atomic E-state index is 2.56. The van der Waals surface area contributed by atoms with Crippen molar-refractivity contribution in [1.29, 1.82) is 0 Å². The first-order chi connectivity index (χ1) is 21.8. The molecule has 0 amide bonds. The Morgan fingerprint density at radius 2 is 0.911 bits per heavy atom. The fourth-order valence-electron chi connectivity index (χ4n) is 8.51. The van der Waals surface area contributed by atoms with E-state index in [0.717, 1.165) is 0 Å². The molecule has 238 valence electrons. The molecule has 0 bridgehead atoms. The number of aryl methyl sites for hydroxylation is 4. The van der Waals surface area contributed by atoms with Gasteiger partial charge in [0.2, 0.25) is 0 Å². The van der Waals surface area contributed by atoms with Gasteiger partial charge in [0, 0.05) is 0 Å². The van der Waals surface area contributed by atoms with Crippen LogP contribution in [0.15, 0.2) is 72.8 Å². The lowest BCUT2D eigenvalue weighted by molar-refractivity contribution is 0.550. The first kappa shape index (κ1) is 33.2. The average Bonchev–Trinajstić information content (AvgIpc) is 3.31. The van der Waals surface area contributed by atoms with Gasteiger partial charge in [-0.05, 0) is 121 Å². The summed E-state index contributed by atoms with van der Waals surface area (Å²) in [4.78, 5) is 0. The highest BCUT2D eigenvalue weighted by molar-refractivity contribution is 5.87. The molecular formula is C45H58. The fraction of sp³-hybridized carbons (Fsp3) is 0.467. The molecule has 4 aromatic carbocycles. The van der Waals surface area contributed by atoms with Crippen molar-refractivity contribution in [3.8, 4) is 11.1 Å². The number of rotatable bonds is 14. The van der Waals surface area contributed by atoms with Crippen LogP contribution in [0, 0.1) is 27.7 Å². The Hall–Kier alpha value is -3.12. The number of hydrogen-bond donors (Lipinski definition) is 0. The first-order valence-corrected chi connectivity index (χ1v) is 18.2. The summed E-state index contributed by atoms with van der Waals surface area (Å²) in [6.07, 6.45) is 12.9. The van der Waals surface area contributed by atoms with E-state index in [2.05, 4.69) is 128 Å². The Balaban J connectivity index is 1.73. The van der Waals surface area contributed by atoms with Crippen LogP contribution in [0.25, 0.3) is 11.1 Å². The van der Waals surface area contributed by atoms with Crippen molar-refractivity contribution in [1.82, 2.24) is 0 Å². The van der Waals surface area contributed by atoms with E-state index in [1.165, 1.54) is 120 Å². The number of hydrogen-bond acceptors (Lipinski definition) is 0. The molecule has 4 aromatic rings. The molecule has 0 aliphatic heterocycles. The second-order valence-corrected chi connectivity index (χ2v) is 14.2. The van der Waals surface area contributed by atoms with Crippen molar-refractivity contribution in [2.75, 3.05) is 0 Å². The predicted octanol–water partition coefficient (Wildman–Crippen LogP) is 13.4. The van der Waals surface area contributed by atoms with Gasteiger partial charge in [-0.3, -0.25) is 0 Å². The van der Waals surface area contributed by atoms with Gasteiger partial charge in [-0.2, -0.15) is 0 Å². The molecule has 0 fully saturated rings. The van der Waals surface area contributed by atoms with Crippen LogP contribution in [0.4, 0.5) is 0 Å². The van der Waals surface area contributed by atoms with Crippen LogP contribution < -0.4 is 0 Å². The zero-order chi connectivity index (χ0) is 32.1. The van der Waals surface area contributed by atoms with Gasteiger partial charge in [-0.1, -0.05) is 150 Å². The summed E-state index contributed by atoms with van der Waals surface area (Å²) in [7, 11) is 0. The van der Waals surface area contributed by atoms with Crippen LogP contribution in [0.1, 0.15) is 159 Å². The summed E-state index contributed by atoms with van der Waals surface area (Å²) in [6.45, 7) is 18.6. The number of fused-ring (bicyclic) bond motifs is 3. The summed E-state index contributed by atoms with van der Waals surface area (Å²) >= 11 is 0. The molecule has 45 heavy (non-hydrogen) atoms. The molecule has 0 saturated carbocycles. The summed E-state index contributed by atoms with van der Waals surface area (Å²) in [5, 5.41) is 0. The lowest BCUT2D eigenvalue weighted by Crippen LogP contribution is -2.29. The zero-order valence-corrected chi connectivity index (χ0v) is 29.7. The smallest absolute Gasteiger partial charge is 0.0654 e. The lowest BCUT2D eigenvalue weighted by Gasteiger charge is -2.36.